The molecular weight excluding hydrogens is 244 g/mol. The van der Waals surface area contributed by atoms with E-state index in [1.807, 2.05) is 9.80 Å². The van der Waals surface area contributed by atoms with E-state index in [-0.39, 0.29) is 24.0 Å². The Hall–Kier alpha value is -1.26. The Labute approximate surface area is 113 Å². The zero-order valence-electron chi connectivity index (χ0n) is 11.4. The van der Waals surface area contributed by atoms with Crippen molar-refractivity contribution in [3.8, 4) is 0 Å². The van der Waals surface area contributed by atoms with Crippen LogP contribution in [-0.4, -0.2) is 52.1 Å². The third kappa shape index (κ3) is 1.99. The SMILES string of the molecule is CCC1CCN(C(=O)N2C3CCC2C(C(=O)O)C3)C1. The highest BCUT2D eigenvalue weighted by atomic mass is 16.4. The monoisotopic (exact) mass is 266 g/mol. The van der Waals surface area contributed by atoms with E-state index in [0.717, 1.165) is 38.8 Å². The van der Waals surface area contributed by atoms with Crippen molar-refractivity contribution < 1.29 is 14.7 Å². The molecule has 4 atom stereocenters. The number of rotatable bonds is 2. The Kier molecular flexibility index (Phi) is 3.15. The van der Waals surface area contributed by atoms with Gasteiger partial charge in [0.25, 0.3) is 0 Å². The van der Waals surface area contributed by atoms with Crippen molar-refractivity contribution in [2.24, 2.45) is 11.8 Å². The van der Waals surface area contributed by atoms with Crippen LogP contribution >= 0.6 is 0 Å². The van der Waals surface area contributed by atoms with E-state index >= 15 is 0 Å². The number of fused-ring (bicyclic) bond motifs is 2. The van der Waals surface area contributed by atoms with Crippen LogP contribution in [0, 0.1) is 11.8 Å². The van der Waals surface area contributed by atoms with Crippen molar-refractivity contribution in [2.45, 2.75) is 51.1 Å². The molecular formula is C14H22N2O3. The number of carboxylic acids is 1. The van der Waals surface area contributed by atoms with Gasteiger partial charge in [-0.05, 0) is 31.6 Å². The number of amides is 2. The van der Waals surface area contributed by atoms with Gasteiger partial charge in [-0.3, -0.25) is 4.79 Å². The Bertz CT molecular complexity index is 398. The summed E-state index contributed by atoms with van der Waals surface area (Å²) in [6.45, 7) is 3.85. The van der Waals surface area contributed by atoms with Crippen LogP contribution in [-0.2, 0) is 4.79 Å². The minimum atomic E-state index is -0.738. The van der Waals surface area contributed by atoms with Crippen LogP contribution in [0.4, 0.5) is 4.79 Å². The normalized spacial score (nSPS) is 37.1. The van der Waals surface area contributed by atoms with Crippen LogP contribution in [0.15, 0.2) is 0 Å². The van der Waals surface area contributed by atoms with Gasteiger partial charge in [-0.25, -0.2) is 4.79 Å². The number of nitrogens with zero attached hydrogens (tertiary/aromatic N) is 2. The molecule has 3 heterocycles. The maximum Gasteiger partial charge on any atom is 0.320 e. The summed E-state index contributed by atoms with van der Waals surface area (Å²) in [7, 11) is 0. The molecule has 4 unspecified atom stereocenters. The van der Waals surface area contributed by atoms with Crippen LogP contribution < -0.4 is 0 Å². The molecule has 5 heteroatoms. The van der Waals surface area contributed by atoms with Crippen LogP contribution in [0.2, 0.25) is 0 Å². The Balaban J connectivity index is 1.70. The molecule has 0 spiro atoms. The molecule has 1 N–H and O–H groups in total. The fourth-order valence-electron chi connectivity index (χ4n) is 4.06. The number of aliphatic carboxylic acids is 1. The van der Waals surface area contributed by atoms with Crippen LogP contribution in [0.3, 0.4) is 0 Å². The average molecular weight is 266 g/mol. The summed E-state index contributed by atoms with van der Waals surface area (Å²) in [6, 6.07) is 0.196. The van der Waals surface area contributed by atoms with Gasteiger partial charge in [0, 0.05) is 25.2 Å². The van der Waals surface area contributed by atoms with Gasteiger partial charge < -0.3 is 14.9 Å². The highest BCUT2D eigenvalue weighted by molar-refractivity contribution is 5.79. The Morgan fingerprint density at radius 2 is 2.05 bits per heavy atom. The third-order valence-electron chi connectivity index (χ3n) is 5.21. The minimum absolute atomic E-state index is 0.0596. The summed E-state index contributed by atoms with van der Waals surface area (Å²) in [5.41, 5.74) is 0. The van der Waals surface area contributed by atoms with Gasteiger partial charge in [0.2, 0.25) is 0 Å². The van der Waals surface area contributed by atoms with E-state index in [1.54, 1.807) is 0 Å². The first-order chi connectivity index (χ1) is 9.11. The summed E-state index contributed by atoms with van der Waals surface area (Å²) in [5, 5.41) is 9.23. The van der Waals surface area contributed by atoms with Crippen LogP contribution in [0.1, 0.15) is 39.0 Å². The van der Waals surface area contributed by atoms with Gasteiger partial charge >= 0.3 is 12.0 Å². The van der Waals surface area contributed by atoms with E-state index in [4.69, 9.17) is 0 Å². The molecule has 5 nitrogen and oxygen atoms in total. The molecule has 106 valence electrons. The lowest BCUT2D eigenvalue weighted by atomic mass is 9.89. The fraction of sp³-hybridized carbons (Fsp3) is 0.857. The number of carbonyl (C=O) groups is 2. The summed E-state index contributed by atoms with van der Waals surface area (Å²) in [4.78, 5) is 27.6. The highest BCUT2D eigenvalue weighted by Crippen LogP contribution is 2.42. The second-order valence-corrected chi connectivity index (χ2v) is 6.18. The number of carboxylic acid groups (broad SMARTS) is 1. The van der Waals surface area contributed by atoms with Crippen molar-refractivity contribution >= 4 is 12.0 Å². The first-order valence-electron chi connectivity index (χ1n) is 7.41. The molecule has 2 bridgehead atoms. The summed E-state index contributed by atoms with van der Waals surface area (Å²) >= 11 is 0. The largest absolute Gasteiger partial charge is 0.481 e. The maximum atomic E-state index is 12.6. The van der Waals surface area contributed by atoms with Crippen molar-refractivity contribution in [1.82, 2.24) is 9.80 Å². The van der Waals surface area contributed by atoms with Gasteiger partial charge in [-0.2, -0.15) is 0 Å². The molecule has 0 saturated carbocycles. The quantitative estimate of drug-likeness (QED) is 0.828. The van der Waals surface area contributed by atoms with Crippen molar-refractivity contribution in [3.63, 3.8) is 0 Å². The highest BCUT2D eigenvalue weighted by Gasteiger charge is 2.52. The minimum Gasteiger partial charge on any atom is -0.481 e. The maximum absolute atomic E-state index is 12.6. The topological polar surface area (TPSA) is 60.9 Å². The second kappa shape index (κ2) is 4.69. The number of carbonyl (C=O) groups excluding carboxylic acids is 1. The predicted octanol–water partition coefficient (Wildman–Crippen LogP) is 1.78. The van der Waals surface area contributed by atoms with Crippen LogP contribution in [0.25, 0.3) is 0 Å². The predicted molar refractivity (Wildman–Crippen MR) is 69.8 cm³/mol. The molecule has 0 aromatic rings. The molecule has 3 saturated heterocycles. The number of likely N-dealkylation sites (tertiary alicyclic amines) is 1. The van der Waals surface area contributed by atoms with Crippen molar-refractivity contribution in [1.29, 1.82) is 0 Å². The zero-order valence-corrected chi connectivity index (χ0v) is 11.4. The molecule has 0 aromatic heterocycles. The molecule has 19 heavy (non-hydrogen) atoms. The van der Waals surface area contributed by atoms with Gasteiger partial charge in [0.1, 0.15) is 0 Å². The molecule has 0 aliphatic carbocycles. The second-order valence-electron chi connectivity index (χ2n) is 6.18. The van der Waals surface area contributed by atoms with E-state index in [1.165, 1.54) is 0 Å². The molecule has 3 rings (SSSR count). The van der Waals surface area contributed by atoms with E-state index in [0.29, 0.717) is 12.3 Å². The first-order valence-corrected chi connectivity index (χ1v) is 7.41. The van der Waals surface area contributed by atoms with E-state index in [2.05, 4.69) is 6.92 Å². The lowest BCUT2D eigenvalue weighted by molar-refractivity contribution is -0.142. The number of hydrogen-bond acceptors (Lipinski definition) is 2. The summed E-state index contributed by atoms with van der Waals surface area (Å²) in [5.74, 6) is -0.454. The van der Waals surface area contributed by atoms with Crippen molar-refractivity contribution in [2.75, 3.05) is 13.1 Å². The number of urea groups is 1. The van der Waals surface area contributed by atoms with Gasteiger partial charge in [0.15, 0.2) is 0 Å². The lowest BCUT2D eigenvalue weighted by Crippen LogP contribution is -2.45. The summed E-state index contributed by atoms with van der Waals surface area (Å²) < 4.78 is 0. The van der Waals surface area contributed by atoms with Crippen LogP contribution in [0.5, 0.6) is 0 Å². The Morgan fingerprint density at radius 3 is 2.63 bits per heavy atom. The lowest BCUT2D eigenvalue weighted by Gasteiger charge is -2.28. The van der Waals surface area contributed by atoms with Gasteiger partial charge in [-0.1, -0.05) is 13.3 Å². The standard InChI is InChI=1S/C14H22N2O3/c1-2-9-5-6-15(8-9)14(19)16-10-3-4-12(16)11(7-10)13(17)18/h9-12H,2-8H2,1H3,(H,17,18). The molecule has 3 fully saturated rings. The molecule has 0 radical (unpaired) electrons. The Morgan fingerprint density at radius 1 is 1.26 bits per heavy atom. The smallest absolute Gasteiger partial charge is 0.320 e. The van der Waals surface area contributed by atoms with Crippen molar-refractivity contribution in [3.05, 3.63) is 0 Å². The molecule has 3 aliphatic heterocycles. The van der Waals surface area contributed by atoms with Gasteiger partial charge in [-0.15, -0.1) is 0 Å². The molecule has 0 aromatic carbocycles. The molecule has 2 amide bonds. The first kappa shape index (κ1) is 12.8. The van der Waals surface area contributed by atoms with Gasteiger partial charge in [0.05, 0.1) is 5.92 Å². The zero-order chi connectivity index (χ0) is 13.6. The molecule has 3 aliphatic rings. The summed E-state index contributed by atoms with van der Waals surface area (Å²) in [6.07, 6.45) is 4.70. The van der Waals surface area contributed by atoms with E-state index < -0.39 is 5.97 Å². The average Bonchev–Trinajstić information content (AvgIpc) is 3.11. The third-order valence-corrected chi connectivity index (χ3v) is 5.21. The van der Waals surface area contributed by atoms with E-state index in [9.17, 15) is 14.7 Å². The number of hydrogen-bond donors (Lipinski definition) is 1. The fourth-order valence-corrected chi connectivity index (χ4v) is 4.06.